The number of nitrogens with zero attached hydrogens (tertiary/aromatic N) is 1. The standard InChI is InChI=1S/C29H43NO3/c1-4-7-8-9-10-11-12-13-29(31)33-28-20-16-26(17-21-28)24-25-14-18-27(19-15-25)32-23-22-30(5-2)6-3/h14-21H,4-13,22-24H2,1-3H3. The minimum Gasteiger partial charge on any atom is -0.492 e. The molecular formula is C29H43NO3. The second-order valence-corrected chi connectivity index (χ2v) is 8.69. The fourth-order valence-electron chi connectivity index (χ4n) is 3.86. The molecule has 0 amide bonds. The number of benzene rings is 2. The molecule has 0 heterocycles. The maximum Gasteiger partial charge on any atom is 0.311 e. The fourth-order valence-corrected chi connectivity index (χ4v) is 3.86. The quantitative estimate of drug-likeness (QED) is 0.146. The van der Waals surface area contributed by atoms with E-state index in [-0.39, 0.29) is 5.97 Å². The Kier molecular flexibility index (Phi) is 13.3. The molecule has 182 valence electrons. The lowest BCUT2D eigenvalue weighted by Crippen LogP contribution is -2.27. The third kappa shape index (κ3) is 11.4. The second kappa shape index (κ2) is 16.3. The summed E-state index contributed by atoms with van der Waals surface area (Å²) in [7, 11) is 0. The number of carbonyl (C=O) groups excluding carboxylic acids is 1. The number of esters is 1. The summed E-state index contributed by atoms with van der Waals surface area (Å²) in [6.45, 7) is 10.3. The molecule has 0 aliphatic heterocycles. The second-order valence-electron chi connectivity index (χ2n) is 8.69. The summed E-state index contributed by atoms with van der Waals surface area (Å²) in [5, 5.41) is 0. The van der Waals surface area contributed by atoms with Crippen LogP contribution in [-0.2, 0) is 11.2 Å². The normalized spacial score (nSPS) is 11.0. The smallest absolute Gasteiger partial charge is 0.311 e. The molecule has 4 nitrogen and oxygen atoms in total. The van der Waals surface area contributed by atoms with E-state index in [1.54, 1.807) is 0 Å². The highest BCUT2D eigenvalue weighted by atomic mass is 16.5. The average molecular weight is 454 g/mol. The van der Waals surface area contributed by atoms with Crippen molar-refractivity contribution < 1.29 is 14.3 Å². The van der Waals surface area contributed by atoms with Crippen molar-refractivity contribution in [2.45, 2.75) is 78.6 Å². The van der Waals surface area contributed by atoms with Crippen molar-refractivity contribution in [1.82, 2.24) is 4.90 Å². The van der Waals surface area contributed by atoms with Crippen LogP contribution in [0.25, 0.3) is 0 Å². The van der Waals surface area contributed by atoms with Gasteiger partial charge in [0.05, 0.1) is 0 Å². The minimum atomic E-state index is -0.132. The zero-order chi connectivity index (χ0) is 23.7. The van der Waals surface area contributed by atoms with Gasteiger partial charge in [0.1, 0.15) is 18.1 Å². The Morgan fingerprint density at radius 1 is 0.727 bits per heavy atom. The van der Waals surface area contributed by atoms with Gasteiger partial charge in [0.2, 0.25) is 0 Å². The predicted octanol–water partition coefficient (Wildman–Crippen LogP) is 7.04. The van der Waals surface area contributed by atoms with E-state index >= 15 is 0 Å². The van der Waals surface area contributed by atoms with Gasteiger partial charge in [0.15, 0.2) is 0 Å². The van der Waals surface area contributed by atoms with Crippen molar-refractivity contribution in [2.24, 2.45) is 0 Å². The van der Waals surface area contributed by atoms with Crippen molar-refractivity contribution in [3.8, 4) is 11.5 Å². The summed E-state index contributed by atoms with van der Waals surface area (Å²) in [6, 6.07) is 16.2. The molecule has 0 unspecified atom stereocenters. The average Bonchev–Trinajstić information content (AvgIpc) is 2.83. The Morgan fingerprint density at radius 3 is 1.85 bits per heavy atom. The highest BCUT2D eigenvalue weighted by molar-refractivity contribution is 5.72. The first-order valence-corrected chi connectivity index (χ1v) is 12.9. The summed E-state index contributed by atoms with van der Waals surface area (Å²) in [5.74, 6) is 1.41. The first-order chi connectivity index (χ1) is 16.1. The van der Waals surface area contributed by atoms with Crippen molar-refractivity contribution in [3.05, 3.63) is 59.7 Å². The maximum absolute atomic E-state index is 12.1. The summed E-state index contributed by atoms with van der Waals surface area (Å²) in [6.07, 6.45) is 9.74. The first kappa shape index (κ1) is 26.9. The highest BCUT2D eigenvalue weighted by Gasteiger charge is 2.06. The molecule has 2 rings (SSSR count). The van der Waals surface area contributed by atoms with Crippen molar-refractivity contribution in [2.75, 3.05) is 26.2 Å². The first-order valence-electron chi connectivity index (χ1n) is 12.9. The number of hydrogen-bond acceptors (Lipinski definition) is 4. The fraction of sp³-hybridized carbons (Fsp3) is 0.552. The van der Waals surface area contributed by atoms with Crippen LogP contribution in [0, 0.1) is 0 Å². The van der Waals surface area contributed by atoms with Gasteiger partial charge in [-0.25, -0.2) is 0 Å². The van der Waals surface area contributed by atoms with E-state index in [1.165, 1.54) is 43.2 Å². The van der Waals surface area contributed by atoms with E-state index in [1.807, 2.05) is 36.4 Å². The summed E-state index contributed by atoms with van der Waals surface area (Å²) < 4.78 is 11.4. The molecule has 4 heteroatoms. The van der Waals surface area contributed by atoms with E-state index in [0.29, 0.717) is 18.8 Å². The number of rotatable bonds is 17. The Balaban J connectivity index is 1.68. The molecule has 0 saturated heterocycles. The lowest BCUT2D eigenvalue weighted by atomic mass is 10.0. The van der Waals surface area contributed by atoms with Gasteiger partial charge in [-0.1, -0.05) is 83.6 Å². The van der Waals surface area contributed by atoms with Crippen LogP contribution in [-0.4, -0.2) is 37.1 Å². The lowest BCUT2D eigenvalue weighted by Gasteiger charge is -2.18. The van der Waals surface area contributed by atoms with E-state index < -0.39 is 0 Å². The van der Waals surface area contributed by atoms with Gasteiger partial charge in [0.25, 0.3) is 0 Å². The molecule has 0 bridgehead atoms. The van der Waals surface area contributed by atoms with E-state index in [2.05, 4.69) is 37.8 Å². The van der Waals surface area contributed by atoms with Crippen LogP contribution in [0.4, 0.5) is 0 Å². The largest absolute Gasteiger partial charge is 0.492 e. The molecule has 0 spiro atoms. The van der Waals surface area contributed by atoms with Gasteiger partial charge in [-0.2, -0.15) is 0 Å². The molecular weight excluding hydrogens is 410 g/mol. The molecule has 0 fully saturated rings. The number of carbonyl (C=O) groups is 1. The van der Waals surface area contributed by atoms with Gasteiger partial charge in [0, 0.05) is 13.0 Å². The lowest BCUT2D eigenvalue weighted by molar-refractivity contribution is -0.134. The molecule has 0 atom stereocenters. The molecule has 0 radical (unpaired) electrons. The highest BCUT2D eigenvalue weighted by Crippen LogP contribution is 2.19. The summed E-state index contributed by atoms with van der Waals surface area (Å²) in [4.78, 5) is 14.4. The van der Waals surface area contributed by atoms with Gasteiger partial charge < -0.3 is 14.4 Å². The van der Waals surface area contributed by atoms with Crippen LogP contribution < -0.4 is 9.47 Å². The third-order valence-corrected chi connectivity index (χ3v) is 6.04. The summed E-state index contributed by atoms with van der Waals surface area (Å²) in [5.41, 5.74) is 2.42. The van der Waals surface area contributed by atoms with Crippen LogP contribution in [0.5, 0.6) is 11.5 Å². The molecule has 0 N–H and O–H groups in total. The van der Waals surface area contributed by atoms with Crippen molar-refractivity contribution in [3.63, 3.8) is 0 Å². The van der Waals surface area contributed by atoms with Gasteiger partial charge in [-0.05, 0) is 61.3 Å². The third-order valence-electron chi connectivity index (χ3n) is 6.04. The van der Waals surface area contributed by atoms with Crippen LogP contribution in [0.1, 0.15) is 83.3 Å². The zero-order valence-corrected chi connectivity index (χ0v) is 21.0. The van der Waals surface area contributed by atoms with Gasteiger partial charge in [-0.15, -0.1) is 0 Å². The molecule has 0 saturated carbocycles. The molecule has 0 aromatic heterocycles. The van der Waals surface area contributed by atoms with Crippen LogP contribution in [0.3, 0.4) is 0 Å². The summed E-state index contributed by atoms with van der Waals surface area (Å²) >= 11 is 0. The number of unbranched alkanes of at least 4 members (excludes halogenated alkanes) is 6. The van der Waals surface area contributed by atoms with Gasteiger partial charge >= 0.3 is 5.97 Å². The number of likely N-dealkylation sites (N-methyl/N-ethyl adjacent to an activating group) is 1. The van der Waals surface area contributed by atoms with Gasteiger partial charge in [-0.3, -0.25) is 4.79 Å². The number of hydrogen-bond donors (Lipinski definition) is 0. The Morgan fingerprint density at radius 2 is 1.27 bits per heavy atom. The minimum absolute atomic E-state index is 0.132. The van der Waals surface area contributed by atoms with E-state index in [9.17, 15) is 4.79 Å². The SMILES string of the molecule is CCCCCCCCCC(=O)Oc1ccc(Cc2ccc(OCCN(CC)CC)cc2)cc1. The monoisotopic (exact) mass is 453 g/mol. The molecule has 2 aromatic carbocycles. The molecule has 2 aromatic rings. The molecule has 0 aliphatic rings. The predicted molar refractivity (Wildman–Crippen MR) is 137 cm³/mol. The van der Waals surface area contributed by atoms with Crippen LogP contribution in [0.2, 0.25) is 0 Å². The van der Waals surface area contributed by atoms with E-state index in [0.717, 1.165) is 44.6 Å². The Bertz CT molecular complexity index is 766. The van der Waals surface area contributed by atoms with Crippen molar-refractivity contribution in [1.29, 1.82) is 0 Å². The Labute approximate surface area is 201 Å². The van der Waals surface area contributed by atoms with Crippen LogP contribution in [0.15, 0.2) is 48.5 Å². The topological polar surface area (TPSA) is 38.8 Å². The van der Waals surface area contributed by atoms with Crippen LogP contribution >= 0.6 is 0 Å². The van der Waals surface area contributed by atoms with E-state index in [4.69, 9.17) is 9.47 Å². The zero-order valence-electron chi connectivity index (χ0n) is 21.0. The molecule has 33 heavy (non-hydrogen) atoms. The maximum atomic E-state index is 12.1. The van der Waals surface area contributed by atoms with Crippen molar-refractivity contribution >= 4 is 5.97 Å². The Hall–Kier alpha value is -2.33. The number of ether oxygens (including phenoxy) is 2. The molecule has 0 aliphatic carbocycles.